The normalized spacial score (nSPS) is 36.1. The zero-order valence-corrected chi connectivity index (χ0v) is 32.9. The summed E-state index contributed by atoms with van der Waals surface area (Å²) in [5.41, 5.74) is -3.80. The summed E-state index contributed by atoms with van der Waals surface area (Å²) >= 11 is 0. The third-order valence-corrected chi connectivity index (χ3v) is 10.5. The second-order valence-electron chi connectivity index (χ2n) is 17.0. The minimum atomic E-state index is -1.27. The lowest BCUT2D eigenvalue weighted by Crippen LogP contribution is -2.67. The first kappa shape index (κ1) is 40.5. The first-order chi connectivity index (χ1) is 23.3. The summed E-state index contributed by atoms with van der Waals surface area (Å²) in [5, 5.41) is 8.66. The van der Waals surface area contributed by atoms with Gasteiger partial charge in [-0.2, -0.15) is 0 Å². The summed E-state index contributed by atoms with van der Waals surface area (Å²) in [7, 11) is 0. The molecule has 4 aliphatic rings. The van der Waals surface area contributed by atoms with Gasteiger partial charge in [0.15, 0.2) is 0 Å². The molecular formula is C36H60N6O9. The van der Waals surface area contributed by atoms with E-state index >= 15 is 0 Å². The third kappa shape index (κ3) is 7.22. The molecule has 4 rings (SSSR count). The average molecular weight is 721 g/mol. The predicted molar refractivity (Wildman–Crippen MR) is 186 cm³/mol. The number of fused-ring (bicyclic) bond motifs is 3. The zero-order chi connectivity index (χ0) is 38.9. The SMILES string of the molecule is CC(C)[C@@H]1NC(=O)[C@@H]2[C@@H](C)OC(C)(C)N2C(=O)[C@H](C(C)C)NC(=O)[C@@H]2[C@@H](C)OC(C)(C)N2C(=O)[C@H](C(C)C)NC(=O)[C@@H]2[C@@H](C)OC(C)(C)N2C1=O. The summed E-state index contributed by atoms with van der Waals surface area (Å²) in [6.07, 6.45) is -2.34. The quantitative estimate of drug-likeness (QED) is 0.390. The molecule has 15 nitrogen and oxygen atoms in total. The van der Waals surface area contributed by atoms with Crippen LogP contribution in [0, 0.1) is 17.8 Å². The van der Waals surface area contributed by atoms with Crippen LogP contribution in [-0.4, -0.2) is 122 Å². The number of carbonyl (C=O) groups excluding carboxylic acids is 6. The van der Waals surface area contributed by atoms with Gasteiger partial charge in [0.2, 0.25) is 35.4 Å². The van der Waals surface area contributed by atoms with E-state index in [0.29, 0.717) is 0 Å². The number of hydrogen-bond donors (Lipinski definition) is 3. The highest BCUT2D eigenvalue weighted by Crippen LogP contribution is 2.38. The van der Waals surface area contributed by atoms with Crippen molar-refractivity contribution in [1.29, 1.82) is 0 Å². The van der Waals surface area contributed by atoms with Gasteiger partial charge in [-0.25, -0.2) is 0 Å². The van der Waals surface area contributed by atoms with Crippen LogP contribution in [0.3, 0.4) is 0 Å². The van der Waals surface area contributed by atoms with E-state index in [0.717, 1.165) is 0 Å². The van der Waals surface area contributed by atoms with Crippen LogP contribution in [0.15, 0.2) is 0 Å². The lowest BCUT2D eigenvalue weighted by molar-refractivity contribution is -0.158. The van der Waals surface area contributed by atoms with Gasteiger partial charge in [-0.05, 0) is 80.1 Å². The van der Waals surface area contributed by atoms with Crippen LogP contribution in [0.1, 0.15) is 104 Å². The lowest BCUT2D eigenvalue weighted by Gasteiger charge is -2.41. The molecule has 3 N–H and O–H groups in total. The molecule has 0 aromatic rings. The number of nitrogens with zero attached hydrogens (tertiary/aromatic N) is 3. The Balaban J connectivity index is 1.93. The van der Waals surface area contributed by atoms with Crippen molar-refractivity contribution < 1.29 is 43.0 Å². The monoisotopic (exact) mass is 720 g/mol. The van der Waals surface area contributed by atoms with E-state index in [2.05, 4.69) is 16.0 Å². The minimum absolute atomic E-state index is 0.443. The third-order valence-electron chi connectivity index (χ3n) is 10.5. The fraction of sp³-hybridized carbons (Fsp3) is 0.833. The van der Waals surface area contributed by atoms with Gasteiger partial charge < -0.3 is 30.2 Å². The molecule has 0 aliphatic carbocycles. The van der Waals surface area contributed by atoms with Crippen LogP contribution < -0.4 is 16.0 Å². The highest BCUT2D eigenvalue weighted by molar-refractivity contribution is 5.99. The molecule has 0 saturated carbocycles. The molecule has 0 aromatic heterocycles. The zero-order valence-electron chi connectivity index (χ0n) is 32.9. The second kappa shape index (κ2) is 13.9. The summed E-state index contributed by atoms with van der Waals surface area (Å²) in [6, 6.07) is -6.88. The fourth-order valence-electron chi connectivity index (χ4n) is 8.27. The maximum atomic E-state index is 14.6. The van der Waals surface area contributed by atoms with Gasteiger partial charge in [0, 0.05) is 0 Å². The highest BCUT2D eigenvalue weighted by atomic mass is 16.6. The van der Waals surface area contributed by atoms with Crippen LogP contribution >= 0.6 is 0 Å². The Morgan fingerprint density at radius 3 is 0.824 bits per heavy atom. The van der Waals surface area contributed by atoms with Crippen LogP contribution in [0.2, 0.25) is 0 Å². The number of nitrogens with one attached hydrogen (secondary N) is 3. The van der Waals surface area contributed by atoms with Gasteiger partial charge in [0.25, 0.3) is 0 Å². The summed E-state index contributed by atoms with van der Waals surface area (Å²) in [6.45, 7) is 25.7. The van der Waals surface area contributed by atoms with Gasteiger partial charge in [-0.1, -0.05) is 41.5 Å². The Bertz CT molecular complexity index is 1260. The number of rotatable bonds is 3. The Hall–Kier alpha value is -3.30. The van der Waals surface area contributed by atoms with Crippen molar-refractivity contribution in [3.63, 3.8) is 0 Å². The van der Waals surface area contributed by atoms with Crippen molar-refractivity contribution in [2.45, 2.75) is 176 Å². The number of hydrogen-bond acceptors (Lipinski definition) is 9. The van der Waals surface area contributed by atoms with Gasteiger partial charge in [-0.3, -0.25) is 43.5 Å². The maximum Gasteiger partial charge on any atom is 0.248 e. The summed E-state index contributed by atoms with van der Waals surface area (Å²) < 4.78 is 18.5. The van der Waals surface area contributed by atoms with Gasteiger partial charge >= 0.3 is 0 Å². The van der Waals surface area contributed by atoms with E-state index in [1.165, 1.54) is 14.7 Å². The molecular weight excluding hydrogens is 660 g/mol. The smallest absolute Gasteiger partial charge is 0.248 e. The molecule has 4 saturated heterocycles. The molecule has 15 heteroatoms. The predicted octanol–water partition coefficient (Wildman–Crippen LogP) is 1.48. The second-order valence-corrected chi connectivity index (χ2v) is 17.0. The van der Waals surface area contributed by atoms with Gasteiger partial charge in [-0.15, -0.1) is 0 Å². The Labute approximate surface area is 302 Å². The van der Waals surface area contributed by atoms with Crippen molar-refractivity contribution in [1.82, 2.24) is 30.7 Å². The molecule has 4 aliphatic heterocycles. The molecule has 0 bridgehead atoms. The van der Waals surface area contributed by atoms with E-state index < -0.39 is 125 Å². The van der Waals surface area contributed by atoms with Crippen LogP contribution in [0.25, 0.3) is 0 Å². The first-order valence-corrected chi connectivity index (χ1v) is 18.2. The molecule has 4 heterocycles. The molecule has 0 unspecified atom stereocenters. The number of ether oxygens (including phenoxy) is 3. The topological polar surface area (TPSA) is 176 Å². The van der Waals surface area contributed by atoms with Gasteiger partial charge in [0.1, 0.15) is 53.4 Å². The van der Waals surface area contributed by atoms with Crippen LogP contribution in [-0.2, 0) is 43.0 Å². The van der Waals surface area contributed by atoms with Crippen molar-refractivity contribution in [2.24, 2.45) is 17.8 Å². The van der Waals surface area contributed by atoms with Crippen molar-refractivity contribution in [3.05, 3.63) is 0 Å². The minimum Gasteiger partial charge on any atom is -0.350 e. The Kier molecular flexibility index (Phi) is 11.0. The molecule has 4 fully saturated rings. The van der Waals surface area contributed by atoms with Crippen LogP contribution in [0.4, 0.5) is 0 Å². The molecule has 0 aromatic carbocycles. The molecule has 288 valence electrons. The first-order valence-electron chi connectivity index (χ1n) is 18.2. The number of carbonyl (C=O) groups is 6. The van der Waals surface area contributed by atoms with Crippen molar-refractivity contribution in [2.75, 3.05) is 0 Å². The van der Waals surface area contributed by atoms with Crippen LogP contribution in [0.5, 0.6) is 0 Å². The van der Waals surface area contributed by atoms with E-state index in [4.69, 9.17) is 14.2 Å². The van der Waals surface area contributed by atoms with E-state index in [1.807, 2.05) is 0 Å². The Morgan fingerprint density at radius 2 is 0.647 bits per heavy atom. The summed E-state index contributed by atoms with van der Waals surface area (Å²) in [5.74, 6) is -4.85. The standard InChI is InChI=1S/C36H60N6O9/c1-16(2)22-31(46)40-26(20(8)49-34(40,10)11)29(44)38-24(18(5)6)33(48)42-27(21(9)51-36(42,14)15)30(45)39-23(17(3)4)32(47)41-25(28(43)37-22)19(7)50-35(41,12)13/h16-27H,1-15H3,(H,37,43)(H,38,44)(H,39,45)/t19-,20-,21-,22+,23+,24+,25+,26+,27+/m1/s1. The molecule has 9 atom stereocenters. The maximum absolute atomic E-state index is 14.6. The van der Waals surface area contributed by atoms with E-state index in [-0.39, 0.29) is 0 Å². The summed E-state index contributed by atoms with van der Waals surface area (Å²) in [4.78, 5) is 90.8. The van der Waals surface area contributed by atoms with Crippen molar-refractivity contribution in [3.8, 4) is 0 Å². The van der Waals surface area contributed by atoms with E-state index in [1.54, 1.807) is 104 Å². The van der Waals surface area contributed by atoms with Gasteiger partial charge in [0.05, 0.1) is 18.3 Å². The fourth-order valence-corrected chi connectivity index (χ4v) is 8.27. The lowest BCUT2D eigenvalue weighted by atomic mass is 9.96. The number of amides is 6. The molecule has 6 amide bonds. The molecule has 0 radical (unpaired) electrons. The molecule has 0 spiro atoms. The highest BCUT2D eigenvalue weighted by Gasteiger charge is 2.58. The van der Waals surface area contributed by atoms with Crippen molar-refractivity contribution >= 4 is 35.4 Å². The van der Waals surface area contributed by atoms with E-state index in [9.17, 15) is 28.8 Å². The largest absolute Gasteiger partial charge is 0.350 e. The Morgan fingerprint density at radius 1 is 0.451 bits per heavy atom. The average Bonchev–Trinajstić information content (AvgIpc) is 3.48. The molecule has 51 heavy (non-hydrogen) atoms.